The highest BCUT2D eigenvalue weighted by Crippen LogP contribution is 2.32. The SMILES string of the molecule is C=C(/N=C\C(=C/C)C(F)(F)F)[C@@H]1CO[C@H](C)CN1C(=O)c1ccc2nc(N)c3c(c2c1)COC3. The van der Waals surface area contributed by atoms with E-state index < -0.39 is 17.8 Å². The second-order valence-electron chi connectivity index (χ2n) is 8.29. The summed E-state index contributed by atoms with van der Waals surface area (Å²) in [7, 11) is 0. The number of nitrogen functional groups attached to an aromatic ring is 1. The normalized spacial score (nSPS) is 21.3. The van der Waals surface area contributed by atoms with Gasteiger partial charge in [-0.1, -0.05) is 12.7 Å². The van der Waals surface area contributed by atoms with Crippen molar-refractivity contribution in [2.75, 3.05) is 18.9 Å². The van der Waals surface area contributed by atoms with Crippen molar-refractivity contribution < 1.29 is 27.4 Å². The molecule has 1 aromatic carbocycles. The van der Waals surface area contributed by atoms with Crippen molar-refractivity contribution >= 4 is 28.8 Å². The van der Waals surface area contributed by atoms with E-state index >= 15 is 0 Å². The van der Waals surface area contributed by atoms with Crippen LogP contribution in [-0.2, 0) is 22.7 Å². The molecule has 1 fully saturated rings. The Labute approximate surface area is 194 Å². The zero-order valence-corrected chi connectivity index (χ0v) is 18.9. The first kappa shape index (κ1) is 23.9. The third kappa shape index (κ3) is 4.55. The largest absolute Gasteiger partial charge is 0.417 e. The Kier molecular flexibility index (Phi) is 6.46. The number of alkyl halides is 3. The van der Waals surface area contributed by atoms with Gasteiger partial charge in [0.1, 0.15) is 5.82 Å². The topological polar surface area (TPSA) is 90.0 Å². The second kappa shape index (κ2) is 9.19. The van der Waals surface area contributed by atoms with E-state index in [1.54, 1.807) is 23.1 Å². The minimum atomic E-state index is -4.53. The number of aromatic nitrogens is 1. The van der Waals surface area contributed by atoms with Gasteiger partial charge in [0.25, 0.3) is 5.91 Å². The maximum absolute atomic E-state index is 13.5. The molecule has 0 bridgehead atoms. The van der Waals surface area contributed by atoms with Gasteiger partial charge in [0.15, 0.2) is 0 Å². The molecule has 7 nitrogen and oxygen atoms in total. The summed E-state index contributed by atoms with van der Waals surface area (Å²) in [6.45, 7) is 7.99. The van der Waals surface area contributed by atoms with E-state index in [4.69, 9.17) is 15.2 Å². The summed E-state index contributed by atoms with van der Waals surface area (Å²) in [5.41, 5.74) is 8.04. The van der Waals surface area contributed by atoms with Crippen molar-refractivity contribution in [1.29, 1.82) is 0 Å². The molecule has 0 radical (unpaired) electrons. The Hall–Kier alpha value is -3.24. The monoisotopic (exact) mass is 474 g/mol. The quantitative estimate of drug-likeness (QED) is 0.672. The van der Waals surface area contributed by atoms with Crippen LogP contribution in [0.5, 0.6) is 0 Å². The number of fused-ring (bicyclic) bond motifs is 3. The lowest BCUT2D eigenvalue weighted by molar-refractivity contribution is -0.0857. The maximum Gasteiger partial charge on any atom is 0.417 e. The number of ether oxygens (including phenoxy) is 2. The number of amides is 1. The van der Waals surface area contributed by atoms with E-state index in [0.717, 1.165) is 28.8 Å². The summed E-state index contributed by atoms with van der Waals surface area (Å²) < 4.78 is 50.3. The van der Waals surface area contributed by atoms with E-state index in [1.165, 1.54) is 6.92 Å². The molecule has 2 N–H and O–H groups in total. The minimum Gasteiger partial charge on any atom is -0.383 e. The van der Waals surface area contributed by atoms with Crippen LogP contribution in [0.2, 0.25) is 0 Å². The van der Waals surface area contributed by atoms with Gasteiger partial charge < -0.3 is 20.1 Å². The second-order valence-corrected chi connectivity index (χ2v) is 8.29. The average Bonchev–Trinajstić information content (AvgIpc) is 3.29. The van der Waals surface area contributed by atoms with Gasteiger partial charge in [-0.05, 0) is 37.6 Å². The van der Waals surface area contributed by atoms with Gasteiger partial charge in [0, 0.05) is 29.3 Å². The number of carbonyl (C=O) groups is 1. The van der Waals surface area contributed by atoms with Crippen LogP contribution in [0.1, 0.15) is 35.3 Å². The molecule has 2 aromatic rings. The number of morpholine rings is 1. The molecule has 1 aromatic heterocycles. The van der Waals surface area contributed by atoms with Gasteiger partial charge in [-0.3, -0.25) is 9.79 Å². The molecule has 34 heavy (non-hydrogen) atoms. The Balaban J connectivity index is 1.64. The first-order chi connectivity index (χ1) is 16.1. The number of allylic oxidation sites excluding steroid dienone is 2. The number of hydrogen-bond donors (Lipinski definition) is 1. The average molecular weight is 474 g/mol. The summed E-state index contributed by atoms with van der Waals surface area (Å²) in [6.07, 6.45) is -3.13. The maximum atomic E-state index is 13.5. The predicted molar refractivity (Wildman–Crippen MR) is 122 cm³/mol. The summed E-state index contributed by atoms with van der Waals surface area (Å²) in [6, 6.07) is 4.43. The van der Waals surface area contributed by atoms with Crippen LogP contribution < -0.4 is 5.73 Å². The number of aliphatic imine (C=N–C) groups is 1. The molecule has 3 heterocycles. The minimum absolute atomic E-state index is 0.0786. The molecule has 2 atom stereocenters. The number of hydrogen-bond acceptors (Lipinski definition) is 6. The lowest BCUT2D eigenvalue weighted by Crippen LogP contribution is -2.52. The predicted octanol–water partition coefficient (Wildman–Crippen LogP) is 4.17. The van der Waals surface area contributed by atoms with Crippen molar-refractivity contribution in [3.63, 3.8) is 0 Å². The number of benzene rings is 1. The number of pyridine rings is 1. The number of carbonyl (C=O) groups excluding carboxylic acids is 1. The van der Waals surface area contributed by atoms with E-state index in [0.29, 0.717) is 30.1 Å². The van der Waals surface area contributed by atoms with Crippen molar-refractivity contribution in [3.05, 3.63) is 58.8 Å². The van der Waals surface area contributed by atoms with Crippen molar-refractivity contribution in [2.24, 2.45) is 4.99 Å². The molecule has 0 unspecified atom stereocenters. The number of anilines is 1. The Morgan fingerprint density at radius 3 is 2.76 bits per heavy atom. The molecule has 0 aliphatic carbocycles. The van der Waals surface area contributed by atoms with Gasteiger partial charge >= 0.3 is 6.18 Å². The van der Waals surface area contributed by atoms with Crippen molar-refractivity contribution in [1.82, 2.24) is 9.88 Å². The van der Waals surface area contributed by atoms with E-state index in [2.05, 4.69) is 16.6 Å². The summed E-state index contributed by atoms with van der Waals surface area (Å²) in [4.78, 5) is 23.4. The number of halogens is 3. The van der Waals surface area contributed by atoms with E-state index in [-0.39, 0.29) is 30.9 Å². The van der Waals surface area contributed by atoms with Crippen LogP contribution in [0.15, 0.2) is 47.1 Å². The highest BCUT2D eigenvalue weighted by Gasteiger charge is 2.35. The molecule has 4 rings (SSSR count). The summed E-state index contributed by atoms with van der Waals surface area (Å²) >= 11 is 0. The fraction of sp³-hybridized carbons (Fsp3) is 0.375. The van der Waals surface area contributed by atoms with Gasteiger partial charge in [-0.25, -0.2) is 4.98 Å². The molecule has 1 amide bonds. The third-order valence-corrected chi connectivity index (χ3v) is 6.00. The van der Waals surface area contributed by atoms with Gasteiger partial charge in [-0.2, -0.15) is 13.2 Å². The Bertz CT molecular complexity index is 1210. The van der Waals surface area contributed by atoms with Crippen LogP contribution >= 0.6 is 0 Å². The molecular formula is C24H25F3N4O3. The van der Waals surface area contributed by atoms with Crippen molar-refractivity contribution in [2.45, 2.75) is 45.4 Å². The standard InChI is InChI=1S/C24H25F3N4O3/c1-4-16(24(25,26)27)8-29-14(3)21-12-34-13(2)9-31(21)23(32)15-5-6-20-17(7-15)18-10-33-11-19(18)22(28)30-20/h4-8,13,21H,3,9-12H2,1-2H3,(H2,28,30)/b16-4+,29-8-/t13-,21+/m1/s1. The molecule has 0 saturated carbocycles. The fourth-order valence-electron chi connectivity index (χ4n) is 4.12. The summed E-state index contributed by atoms with van der Waals surface area (Å²) in [5.74, 6) is 0.111. The molecule has 0 spiro atoms. The highest BCUT2D eigenvalue weighted by molar-refractivity contribution is 5.99. The smallest absolute Gasteiger partial charge is 0.383 e. The summed E-state index contributed by atoms with van der Waals surface area (Å²) in [5, 5.41) is 0.783. The van der Waals surface area contributed by atoms with Crippen LogP contribution in [0.4, 0.5) is 19.0 Å². The molecule has 2 aliphatic rings. The highest BCUT2D eigenvalue weighted by atomic mass is 19.4. The Morgan fingerprint density at radius 2 is 2.06 bits per heavy atom. The van der Waals surface area contributed by atoms with Crippen molar-refractivity contribution in [3.8, 4) is 0 Å². The van der Waals surface area contributed by atoms with Gasteiger partial charge in [0.05, 0.1) is 48.8 Å². The zero-order valence-electron chi connectivity index (χ0n) is 18.9. The van der Waals surface area contributed by atoms with E-state index in [9.17, 15) is 18.0 Å². The van der Waals surface area contributed by atoms with Crippen LogP contribution in [-0.4, -0.2) is 53.5 Å². The van der Waals surface area contributed by atoms with Crippen LogP contribution in [0, 0.1) is 0 Å². The molecule has 2 aliphatic heterocycles. The van der Waals surface area contributed by atoms with E-state index in [1.807, 2.05) is 6.92 Å². The van der Waals surface area contributed by atoms with Gasteiger partial charge in [0.2, 0.25) is 0 Å². The number of rotatable bonds is 4. The first-order valence-corrected chi connectivity index (χ1v) is 10.8. The fourth-order valence-corrected chi connectivity index (χ4v) is 4.12. The first-order valence-electron chi connectivity index (χ1n) is 10.8. The lowest BCUT2D eigenvalue weighted by Gasteiger charge is -2.38. The van der Waals surface area contributed by atoms with Gasteiger partial charge in [-0.15, -0.1) is 0 Å². The molecule has 1 saturated heterocycles. The molecule has 180 valence electrons. The zero-order chi connectivity index (χ0) is 24.6. The molecule has 10 heteroatoms. The Morgan fingerprint density at radius 1 is 1.32 bits per heavy atom. The third-order valence-electron chi connectivity index (χ3n) is 6.00. The lowest BCUT2D eigenvalue weighted by atomic mass is 10.0. The number of nitrogens with two attached hydrogens (primary N) is 1. The van der Waals surface area contributed by atoms with Crippen LogP contribution in [0.25, 0.3) is 10.9 Å². The number of nitrogens with zero attached hydrogens (tertiary/aromatic N) is 3. The van der Waals surface area contributed by atoms with Crippen LogP contribution in [0.3, 0.4) is 0 Å². The molecular weight excluding hydrogens is 449 g/mol.